The van der Waals surface area contributed by atoms with Gasteiger partial charge in [-0.15, -0.1) is 0 Å². The lowest BCUT2D eigenvalue weighted by molar-refractivity contribution is -0.125. The van der Waals surface area contributed by atoms with Gasteiger partial charge in [-0.2, -0.15) is 0 Å². The number of carbonyl (C=O) groups is 1. The number of amides is 1. The van der Waals surface area contributed by atoms with Gasteiger partial charge in [0, 0.05) is 24.1 Å². The molecule has 0 heterocycles. The van der Waals surface area contributed by atoms with Crippen LogP contribution in [0.25, 0.3) is 0 Å². The quantitative estimate of drug-likeness (QED) is 0.888. The Morgan fingerprint density at radius 2 is 2.20 bits per heavy atom. The van der Waals surface area contributed by atoms with Gasteiger partial charge >= 0.3 is 0 Å². The van der Waals surface area contributed by atoms with Crippen molar-refractivity contribution in [1.82, 2.24) is 5.32 Å². The van der Waals surface area contributed by atoms with E-state index in [0.717, 1.165) is 24.8 Å². The highest BCUT2D eigenvalue weighted by molar-refractivity contribution is 5.79. The molecule has 4 heteroatoms. The van der Waals surface area contributed by atoms with Crippen molar-refractivity contribution >= 4 is 5.91 Å². The Morgan fingerprint density at radius 3 is 2.85 bits per heavy atom. The Morgan fingerprint density at radius 1 is 1.40 bits per heavy atom. The number of hydrogen-bond donors (Lipinski definition) is 2. The lowest BCUT2D eigenvalue weighted by atomic mass is 9.72. The maximum atomic E-state index is 13.7. The van der Waals surface area contributed by atoms with Crippen LogP contribution in [0.3, 0.4) is 0 Å². The molecule has 2 saturated carbocycles. The molecule has 3 N–H and O–H groups in total. The zero-order valence-corrected chi connectivity index (χ0v) is 11.7. The van der Waals surface area contributed by atoms with Crippen LogP contribution in [0.2, 0.25) is 0 Å². The zero-order valence-electron chi connectivity index (χ0n) is 11.7. The Bertz CT molecular complexity index is 511. The Hall–Kier alpha value is -1.42. The van der Waals surface area contributed by atoms with E-state index in [1.54, 1.807) is 6.07 Å². The van der Waals surface area contributed by atoms with E-state index in [1.165, 1.54) is 6.07 Å². The average Bonchev–Trinajstić information content (AvgIpc) is 2.75. The van der Waals surface area contributed by atoms with Crippen LogP contribution in [-0.2, 0) is 11.3 Å². The van der Waals surface area contributed by atoms with Crippen molar-refractivity contribution in [2.24, 2.45) is 23.5 Å². The number of benzene rings is 1. The van der Waals surface area contributed by atoms with Gasteiger partial charge in [0.15, 0.2) is 0 Å². The first-order valence-electron chi connectivity index (χ1n) is 7.33. The molecule has 2 aliphatic carbocycles. The number of nitrogens with two attached hydrogens (primary N) is 1. The number of fused-ring (bicyclic) bond motifs is 1. The van der Waals surface area contributed by atoms with Crippen molar-refractivity contribution < 1.29 is 9.18 Å². The fourth-order valence-electron chi connectivity index (χ4n) is 3.71. The van der Waals surface area contributed by atoms with Crippen LogP contribution in [0.4, 0.5) is 4.39 Å². The summed E-state index contributed by atoms with van der Waals surface area (Å²) in [6.45, 7) is 2.13. The molecule has 0 radical (unpaired) electrons. The summed E-state index contributed by atoms with van der Waals surface area (Å²) in [5.74, 6) is 1.02. The topological polar surface area (TPSA) is 55.1 Å². The van der Waals surface area contributed by atoms with E-state index < -0.39 is 0 Å². The summed E-state index contributed by atoms with van der Waals surface area (Å²) >= 11 is 0. The molecule has 0 aromatic heterocycles. The fourth-order valence-corrected chi connectivity index (χ4v) is 3.71. The van der Waals surface area contributed by atoms with Crippen LogP contribution in [-0.4, -0.2) is 11.9 Å². The van der Waals surface area contributed by atoms with Crippen molar-refractivity contribution in [2.75, 3.05) is 0 Å². The number of aryl methyl sites for hydroxylation is 1. The highest BCUT2D eigenvalue weighted by Gasteiger charge is 2.47. The van der Waals surface area contributed by atoms with Gasteiger partial charge in [0.1, 0.15) is 5.82 Å². The monoisotopic (exact) mass is 276 g/mol. The lowest BCUT2D eigenvalue weighted by Crippen LogP contribution is -2.44. The van der Waals surface area contributed by atoms with Crippen LogP contribution in [0.15, 0.2) is 18.2 Å². The molecule has 4 atom stereocenters. The predicted molar refractivity (Wildman–Crippen MR) is 75.3 cm³/mol. The van der Waals surface area contributed by atoms with Crippen LogP contribution >= 0.6 is 0 Å². The van der Waals surface area contributed by atoms with Gasteiger partial charge in [0.25, 0.3) is 0 Å². The summed E-state index contributed by atoms with van der Waals surface area (Å²) in [5, 5.41) is 2.89. The van der Waals surface area contributed by atoms with Gasteiger partial charge in [0.05, 0.1) is 0 Å². The summed E-state index contributed by atoms with van der Waals surface area (Å²) in [4.78, 5) is 12.2. The lowest BCUT2D eigenvalue weighted by Gasteiger charge is -2.37. The van der Waals surface area contributed by atoms with Crippen molar-refractivity contribution in [3.63, 3.8) is 0 Å². The molecule has 0 spiro atoms. The van der Waals surface area contributed by atoms with Gasteiger partial charge in [-0.3, -0.25) is 4.79 Å². The minimum absolute atomic E-state index is 0.0502. The van der Waals surface area contributed by atoms with E-state index in [2.05, 4.69) is 5.32 Å². The van der Waals surface area contributed by atoms with Crippen LogP contribution in [0.1, 0.15) is 30.4 Å². The third kappa shape index (κ3) is 2.33. The molecule has 1 aromatic carbocycles. The Kier molecular flexibility index (Phi) is 3.50. The van der Waals surface area contributed by atoms with Crippen molar-refractivity contribution in [3.05, 3.63) is 35.1 Å². The molecule has 1 aromatic rings. The number of hydrogen-bond acceptors (Lipinski definition) is 2. The predicted octanol–water partition coefficient (Wildman–Crippen LogP) is 2.12. The van der Waals surface area contributed by atoms with Gasteiger partial charge in [0.2, 0.25) is 5.91 Å². The van der Waals surface area contributed by atoms with Gasteiger partial charge in [-0.05, 0) is 49.7 Å². The molecule has 0 saturated heterocycles. The standard InChI is InChI=1S/C16H21FN2O/c1-9-3-2-4-14(17)13(9)8-19-16(20)11-5-10-7-15(18)12(10)6-11/h2-4,10-12,15H,5-8,18H2,1H3,(H,19,20). The summed E-state index contributed by atoms with van der Waals surface area (Å²) in [5.41, 5.74) is 7.41. The first-order valence-corrected chi connectivity index (χ1v) is 7.33. The van der Waals surface area contributed by atoms with Crippen LogP contribution in [0.5, 0.6) is 0 Å². The summed E-state index contributed by atoms with van der Waals surface area (Å²) in [6, 6.07) is 5.26. The average molecular weight is 276 g/mol. The van der Waals surface area contributed by atoms with E-state index >= 15 is 0 Å². The first-order chi connectivity index (χ1) is 9.56. The number of rotatable bonds is 3. The summed E-state index contributed by atoms with van der Waals surface area (Å²) in [6.07, 6.45) is 2.90. The Balaban J connectivity index is 1.58. The van der Waals surface area contributed by atoms with Crippen LogP contribution < -0.4 is 11.1 Å². The van der Waals surface area contributed by atoms with Crippen molar-refractivity contribution in [1.29, 1.82) is 0 Å². The summed E-state index contributed by atoms with van der Waals surface area (Å²) in [7, 11) is 0. The zero-order chi connectivity index (χ0) is 14.3. The first kappa shape index (κ1) is 13.6. The molecular formula is C16H21FN2O. The molecule has 3 rings (SSSR count). The molecule has 2 aliphatic rings. The summed E-state index contributed by atoms with van der Waals surface area (Å²) < 4.78 is 13.7. The van der Waals surface area contributed by atoms with E-state index in [0.29, 0.717) is 17.4 Å². The molecule has 3 nitrogen and oxygen atoms in total. The molecule has 4 unspecified atom stereocenters. The molecule has 20 heavy (non-hydrogen) atoms. The minimum atomic E-state index is -0.251. The van der Waals surface area contributed by atoms with Crippen molar-refractivity contribution in [2.45, 2.75) is 38.8 Å². The van der Waals surface area contributed by atoms with E-state index in [-0.39, 0.29) is 30.2 Å². The SMILES string of the molecule is Cc1cccc(F)c1CNC(=O)C1CC2CC(N)C2C1. The van der Waals surface area contributed by atoms with Crippen molar-refractivity contribution in [3.8, 4) is 0 Å². The van der Waals surface area contributed by atoms with Crippen LogP contribution in [0, 0.1) is 30.5 Å². The number of halogens is 1. The van der Waals surface area contributed by atoms with Gasteiger partial charge < -0.3 is 11.1 Å². The maximum Gasteiger partial charge on any atom is 0.223 e. The second kappa shape index (κ2) is 5.17. The van der Waals surface area contributed by atoms with E-state index in [4.69, 9.17) is 5.73 Å². The number of carbonyl (C=O) groups excluding carboxylic acids is 1. The molecule has 1 amide bonds. The largest absolute Gasteiger partial charge is 0.352 e. The smallest absolute Gasteiger partial charge is 0.223 e. The second-order valence-corrected chi connectivity index (χ2v) is 6.24. The molecule has 2 fully saturated rings. The minimum Gasteiger partial charge on any atom is -0.352 e. The van der Waals surface area contributed by atoms with Gasteiger partial charge in [-0.25, -0.2) is 4.39 Å². The second-order valence-electron chi connectivity index (χ2n) is 6.24. The third-order valence-electron chi connectivity index (χ3n) is 5.04. The Labute approximate surface area is 118 Å². The third-order valence-corrected chi connectivity index (χ3v) is 5.04. The highest BCUT2D eigenvalue weighted by atomic mass is 19.1. The number of nitrogens with one attached hydrogen (secondary N) is 1. The van der Waals surface area contributed by atoms with E-state index in [9.17, 15) is 9.18 Å². The van der Waals surface area contributed by atoms with E-state index in [1.807, 2.05) is 13.0 Å². The normalized spacial score (nSPS) is 31.6. The maximum absolute atomic E-state index is 13.7. The molecule has 108 valence electrons. The molecule has 0 bridgehead atoms. The molecule has 0 aliphatic heterocycles. The fraction of sp³-hybridized carbons (Fsp3) is 0.562. The highest BCUT2D eigenvalue weighted by Crippen LogP contribution is 2.48. The molecular weight excluding hydrogens is 255 g/mol. The van der Waals surface area contributed by atoms with Gasteiger partial charge in [-0.1, -0.05) is 12.1 Å².